The standard InChI is InChI=1S/C12H10ClN3O3/c1-16-10(17)6-9(15-12(16)19)11(18)14-8-5-3-2-4-7(8)13/h2-6H,1H3,(H,14,18)(H,15,19). The van der Waals surface area contributed by atoms with Crippen molar-refractivity contribution in [1.29, 1.82) is 0 Å². The lowest BCUT2D eigenvalue weighted by molar-refractivity contribution is 0.102. The summed E-state index contributed by atoms with van der Waals surface area (Å²) in [5.41, 5.74) is -0.937. The molecule has 7 heteroatoms. The van der Waals surface area contributed by atoms with E-state index in [4.69, 9.17) is 11.6 Å². The number of aromatic amines is 1. The lowest BCUT2D eigenvalue weighted by Crippen LogP contribution is -2.34. The zero-order valence-electron chi connectivity index (χ0n) is 9.94. The molecule has 0 aliphatic rings. The first-order valence-electron chi connectivity index (χ1n) is 5.35. The average molecular weight is 280 g/mol. The molecule has 98 valence electrons. The van der Waals surface area contributed by atoms with Crippen LogP contribution in [0.25, 0.3) is 0 Å². The quantitative estimate of drug-likeness (QED) is 0.859. The van der Waals surface area contributed by atoms with E-state index in [9.17, 15) is 14.4 Å². The lowest BCUT2D eigenvalue weighted by atomic mass is 10.3. The molecule has 0 radical (unpaired) electrons. The van der Waals surface area contributed by atoms with E-state index in [0.29, 0.717) is 10.7 Å². The largest absolute Gasteiger partial charge is 0.328 e. The fraction of sp³-hybridized carbons (Fsp3) is 0.0833. The fourth-order valence-electron chi connectivity index (χ4n) is 1.43. The number of amides is 1. The number of para-hydroxylation sites is 1. The molecule has 0 spiro atoms. The Morgan fingerprint density at radius 2 is 2.00 bits per heavy atom. The molecule has 1 aromatic carbocycles. The number of nitrogens with zero attached hydrogens (tertiary/aromatic N) is 1. The van der Waals surface area contributed by atoms with Crippen LogP contribution in [0.1, 0.15) is 10.5 Å². The number of benzene rings is 1. The maximum atomic E-state index is 11.9. The van der Waals surface area contributed by atoms with E-state index in [-0.39, 0.29) is 5.69 Å². The highest BCUT2D eigenvalue weighted by molar-refractivity contribution is 6.33. The monoisotopic (exact) mass is 279 g/mol. The third-order valence-corrected chi connectivity index (χ3v) is 2.84. The van der Waals surface area contributed by atoms with Crippen LogP contribution in [0.4, 0.5) is 5.69 Å². The summed E-state index contributed by atoms with van der Waals surface area (Å²) in [7, 11) is 1.32. The van der Waals surface area contributed by atoms with Crippen LogP contribution < -0.4 is 16.6 Å². The van der Waals surface area contributed by atoms with Gasteiger partial charge in [0.15, 0.2) is 0 Å². The highest BCUT2D eigenvalue weighted by atomic mass is 35.5. The van der Waals surface area contributed by atoms with Gasteiger partial charge in [0, 0.05) is 13.1 Å². The summed E-state index contributed by atoms with van der Waals surface area (Å²) >= 11 is 5.89. The average Bonchev–Trinajstić information content (AvgIpc) is 2.38. The number of hydrogen-bond acceptors (Lipinski definition) is 3. The number of halogens is 1. The molecule has 0 saturated heterocycles. The summed E-state index contributed by atoms with van der Waals surface area (Å²) in [6.07, 6.45) is 0. The predicted octanol–water partition coefficient (Wildman–Crippen LogP) is 0.979. The van der Waals surface area contributed by atoms with E-state index < -0.39 is 17.2 Å². The van der Waals surface area contributed by atoms with Crippen molar-refractivity contribution in [2.75, 3.05) is 5.32 Å². The van der Waals surface area contributed by atoms with Gasteiger partial charge < -0.3 is 10.3 Å². The minimum absolute atomic E-state index is 0.118. The van der Waals surface area contributed by atoms with Crippen molar-refractivity contribution >= 4 is 23.2 Å². The maximum Gasteiger partial charge on any atom is 0.328 e. The summed E-state index contributed by atoms with van der Waals surface area (Å²) in [4.78, 5) is 37.0. The van der Waals surface area contributed by atoms with Gasteiger partial charge in [0.1, 0.15) is 5.69 Å². The first kappa shape index (κ1) is 13.1. The van der Waals surface area contributed by atoms with Crippen molar-refractivity contribution in [3.8, 4) is 0 Å². The van der Waals surface area contributed by atoms with Crippen molar-refractivity contribution in [2.24, 2.45) is 7.05 Å². The molecule has 0 aliphatic carbocycles. The molecule has 1 aromatic heterocycles. The SMILES string of the molecule is Cn1c(=O)cc(C(=O)Nc2ccccc2Cl)[nH]c1=O. The third kappa shape index (κ3) is 2.74. The van der Waals surface area contributed by atoms with E-state index in [1.165, 1.54) is 7.05 Å². The molecule has 6 nitrogen and oxygen atoms in total. The zero-order chi connectivity index (χ0) is 14.0. The van der Waals surface area contributed by atoms with Crippen LogP contribution in [0.2, 0.25) is 5.02 Å². The van der Waals surface area contributed by atoms with E-state index in [1.807, 2.05) is 0 Å². The van der Waals surface area contributed by atoms with Gasteiger partial charge >= 0.3 is 5.69 Å². The van der Waals surface area contributed by atoms with Crippen LogP contribution in [-0.2, 0) is 7.05 Å². The molecule has 2 aromatic rings. The summed E-state index contributed by atoms with van der Waals surface area (Å²) in [5, 5.41) is 2.87. The van der Waals surface area contributed by atoms with Crippen LogP contribution in [0.5, 0.6) is 0 Å². The molecule has 2 N–H and O–H groups in total. The number of carbonyl (C=O) groups is 1. The number of nitrogens with one attached hydrogen (secondary N) is 2. The van der Waals surface area contributed by atoms with Crippen molar-refractivity contribution in [3.63, 3.8) is 0 Å². The van der Waals surface area contributed by atoms with E-state index in [0.717, 1.165) is 10.6 Å². The third-order valence-electron chi connectivity index (χ3n) is 2.51. The van der Waals surface area contributed by atoms with Crippen LogP contribution in [0.3, 0.4) is 0 Å². The number of rotatable bonds is 2. The summed E-state index contributed by atoms with van der Waals surface area (Å²) < 4.78 is 0.867. The minimum atomic E-state index is -0.656. The van der Waals surface area contributed by atoms with Gasteiger partial charge in [-0.3, -0.25) is 14.2 Å². The van der Waals surface area contributed by atoms with Crippen LogP contribution in [0, 0.1) is 0 Å². The van der Waals surface area contributed by atoms with Gasteiger partial charge in [0.05, 0.1) is 10.7 Å². The second kappa shape index (κ2) is 5.11. The maximum absolute atomic E-state index is 11.9. The molecule has 0 atom stereocenters. The summed E-state index contributed by atoms with van der Waals surface area (Å²) in [6.45, 7) is 0. The molecule has 0 bridgehead atoms. The Kier molecular flexibility index (Phi) is 3.52. The van der Waals surface area contributed by atoms with Gasteiger partial charge in [0.2, 0.25) is 0 Å². The van der Waals surface area contributed by atoms with Crippen molar-refractivity contribution < 1.29 is 4.79 Å². The molecule has 2 rings (SSSR count). The van der Waals surface area contributed by atoms with Crippen molar-refractivity contribution in [3.05, 3.63) is 61.9 Å². The van der Waals surface area contributed by atoms with Gasteiger partial charge in [-0.15, -0.1) is 0 Å². The van der Waals surface area contributed by atoms with E-state index >= 15 is 0 Å². The molecular weight excluding hydrogens is 270 g/mol. The Morgan fingerprint density at radius 3 is 2.63 bits per heavy atom. The second-order valence-corrected chi connectivity index (χ2v) is 4.23. The smallest absolute Gasteiger partial charge is 0.319 e. The summed E-state index contributed by atoms with van der Waals surface area (Å²) in [6, 6.07) is 7.70. The topological polar surface area (TPSA) is 84.0 Å². The second-order valence-electron chi connectivity index (χ2n) is 3.82. The highest BCUT2D eigenvalue weighted by Crippen LogP contribution is 2.20. The Bertz CT molecular complexity index is 717. The van der Waals surface area contributed by atoms with Gasteiger partial charge in [-0.25, -0.2) is 4.79 Å². The summed E-state index contributed by atoms with van der Waals surface area (Å²) in [5.74, 6) is -0.608. The molecular formula is C12H10ClN3O3. The molecule has 0 aliphatic heterocycles. The Balaban J connectivity index is 2.34. The zero-order valence-corrected chi connectivity index (χ0v) is 10.7. The first-order valence-corrected chi connectivity index (χ1v) is 5.73. The lowest BCUT2D eigenvalue weighted by Gasteiger charge is -2.06. The highest BCUT2D eigenvalue weighted by Gasteiger charge is 2.11. The molecule has 1 amide bonds. The predicted molar refractivity (Wildman–Crippen MR) is 71.7 cm³/mol. The molecule has 0 unspecified atom stereocenters. The Hall–Kier alpha value is -2.34. The normalized spacial score (nSPS) is 10.2. The van der Waals surface area contributed by atoms with E-state index in [2.05, 4.69) is 10.3 Å². The van der Waals surface area contributed by atoms with Crippen molar-refractivity contribution in [1.82, 2.24) is 9.55 Å². The van der Waals surface area contributed by atoms with Gasteiger partial charge in [-0.1, -0.05) is 23.7 Å². The number of aromatic nitrogens is 2. The van der Waals surface area contributed by atoms with Gasteiger partial charge in [0.25, 0.3) is 11.5 Å². The molecule has 19 heavy (non-hydrogen) atoms. The van der Waals surface area contributed by atoms with Gasteiger partial charge in [-0.2, -0.15) is 0 Å². The van der Waals surface area contributed by atoms with Crippen LogP contribution in [-0.4, -0.2) is 15.5 Å². The number of carbonyl (C=O) groups excluding carboxylic acids is 1. The Labute approximate surface area is 112 Å². The number of anilines is 1. The fourth-order valence-corrected chi connectivity index (χ4v) is 1.61. The minimum Gasteiger partial charge on any atom is -0.319 e. The number of hydrogen-bond donors (Lipinski definition) is 2. The van der Waals surface area contributed by atoms with E-state index in [1.54, 1.807) is 24.3 Å². The van der Waals surface area contributed by atoms with Crippen LogP contribution >= 0.6 is 11.6 Å². The Morgan fingerprint density at radius 1 is 1.32 bits per heavy atom. The molecule has 0 saturated carbocycles. The van der Waals surface area contributed by atoms with Crippen LogP contribution in [0.15, 0.2) is 39.9 Å². The number of H-pyrrole nitrogens is 1. The first-order chi connectivity index (χ1) is 8.99. The molecule has 0 fully saturated rings. The van der Waals surface area contributed by atoms with Gasteiger partial charge in [-0.05, 0) is 12.1 Å². The van der Waals surface area contributed by atoms with Crippen molar-refractivity contribution in [2.45, 2.75) is 0 Å². The molecule has 1 heterocycles.